The molecule has 0 bridgehead atoms. The molecule has 0 unspecified atom stereocenters. The van der Waals surface area contributed by atoms with Crippen molar-refractivity contribution in [2.24, 2.45) is 0 Å². The average Bonchev–Trinajstić information content (AvgIpc) is 3.17. The third-order valence-electron chi connectivity index (χ3n) is 7.43. The Labute approximate surface area is 222 Å². The van der Waals surface area contributed by atoms with E-state index in [2.05, 4.69) is 153 Å². The van der Waals surface area contributed by atoms with E-state index in [0.717, 1.165) is 8.95 Å². The van der Waals surface area contributed by atoms with E-state index in [1.165, 1.54) is 53.4 Å². The van der Waals surface area contributed by atoms with Gasteiger partial charge in [-0.25, -0.2) is 0 Å². The monoisotopic (exact) mass is 590 g/mol. The van der Waals surface area contributed by atoms with Gasteiger partial charge in [-0.05, 0) is 77.7 Å². The first-order valence-electron chi connectivity index (χ1n) is 11.7. The van der Waals surface area contributed by atoms with Gasteiger partial charge >= 0.3 is 0 Å². The molecule has 35 heavy (non-hydrogen) atoms. The molecule has 166 valence electrons. The molecule has 0 spiro atoms. The first kappa shape index (κ1) is 21.3. The Morgan fingerprint density at radius 2 is 0.829 bits per heavy atom. The van der Waals surface area contributed by atoms with Crippen LogP contribution in [0.1, 0.15) is 0 Å². The molecule has 3 heteroatoms. The van der Waals surface area contributed by atoms with Crippen molar-refractivity contribution < 1.29 is 0 Å². The largest absolute Gasteiger partial charge is 0.180 e. The third-order valence-corrected chi connectivity index (χ3v) is 13.2. The molecule has 0 radical (unpaired) electrons. The zero-order valence-electron chi connectivity index (χ0n) is 18.8. The molecule has 0 fully saturated rings. The van der Waals surface area contributed by atoms with Crippen molar-refractivity contribution in [3.05, 3.63) is 130 Å². The Kier molecular flexibility index (Phi) is 4.89. The SMILES string of the molecule is Brc1ccc2c(c1)[Si](c1ccc3ccccc3c1)(c1ccc3ccccc3c1)c1cc(Br)ccc1-2. The van der Waals surface area contributed by atoms with Crippen molar-refractivity contribution in [3.8, 4) is 11.1 Å². The molecule has 0 nitrogen and oxygen atoms in total. The van der Waals surface area contributed by atoms with Crippen LogP contribution < -0.4 is 20.7 Å². The Hall–Kier alpha value is -2.98. The molecule has 1 aliphatic rings. The highest BCUT2D eigenvalue weighted by atomic mass is 79.9. The number of benzene rings is 6. The first-order valence-corrected chi connectivity index (χ1v) is 15.3. The normalized spacial score (nSPS) is 13.7. The predicted molar refractivity (Wildman–Crippen MR) is 159 cm³/mol. The molecule has 0 saturated carbocycles. The van der Waals surface area contributed by atoms with E-state index in [4.69, 9.17) is 0 Å². The summed E-state index contributed by atoms with van der Waals surface area (Å²) in [6, 6.07) is 45.3. The van der Waals surface area contributed by atoms with Crippen LogP contribution >= 0.6 is 31.9 Å². The smallest absolute Gasteiger partial charge is 0.0616 e. The maximum absolute atomic E-state index is 3.81. The summed E-state index contributed by atoms with van der Waals surface area (Å²) in [6.07, 6.45) is 0. The molecular formula is C32H20Br2Si. The maximum atomic E-state index is 3.81. The van der Waals surface area contributed by atoms with Gasteiger partial charge in [-0.3, -0.25) is 0 Å². The van der Waals surface area contributed by atoms with Crippen molar-refractivity contribution in [3.63, 3.8) is 0 Å². The summed E-state index contributed by atoms with van der Waals surface area (Å²) in [4.78, 5) is 0. The standard InChI is InChI=1S/C32H20Br2Si/c33-25-11-15-29-30-16-12-26(34)20-32(30)35(31(29)19-25,27-13-9-21-5-1-3-7-23(21)17-27)28-14-10-22-6-2-4-8-24(22)18-28/h1-20H. The van der Waals surface area contributed by atoms with Gasteiger partial charge in [0.1, 0.15) is 0 Å². The summed E-state index contributed by atoms with van der Waals surface area (Å²) in [5, 5.41) is 10.9. The van der Waals surface area contributed by atoms with Gasteiger partial charge in [0.25, 0.3) is 0 Å². The lowest BCUT2D eigenvalue weighted by Crippen LogP contribution is -2.72. The summed E-state index contributed by atoms with van der Waals surface area (Å²) in [6.45, 7) is 0. The lowest BCUT2D eigenvalue weighted by molar-refractivity contribution is 1.65. The van der Waals surface area contributed by atoms with Gasteiger partial charge in [0.15, 0.2) is 8.07 Å². The van der Waals surface area contributed by atoms with Crippen LogP contribution in [-0.2, 0) is 0 Å². The number of hydrogen-bond donors (Lipinski definition) is 0. The zero-order valence-corrected chi connectivity index (χ0v) is 23.0. The lowest BCUT2D eigenvalue weighted by Gasteiger charge is -2.32. The van der Waals surface area contributed by atoms with E-state index in [1.54, 1.807) is 0 Å². The second-order valence-corrected chi connectivity index (χ2v) is 14.8. The van der Waals surface area contributed by atoms with Crippen LogP contribution in [0, 0.1) is 0 Å². The van der Waals surface area contributed by atoms with Gasteiger partial charge in [0, 0.05) is 8.95 Å². The molecular weight excluding hydrogens is 572 g/mol. The third kappa shape index (κ3) is 3.15. The van der Waals surface area contributed by atoms with E-state index in [1.807, 2.05) is 0 Å². The Balaban J connectivity index is 1.67. The zero-order chi connectivity index (χ0) is 23.6. The van der Waals surface area contributed by atoms with Crippen LogP contribution in [0.15, 0.2) is 130 Å². The fourth-order valence-electron chi connectivity index (χ4n) is 5.90. The highest BCUT2D eigenvalue weighted by Gasteiger charge is 2.49. The maximum Gasteiger partial charge on any atom is 0.180 e. The minimum atomic E-state index is -2.58. The lowest BCUT2D eigenvalue weighted by atomic mass is 10.1. The summed E-state index contributed by atoms with van der Waals surface area (Å²) in [7, 11) is -2.58. The molecule has 6 aromatic rings. The Bertz CT molecular complexity index is 1650. The van der Waals surface area contributed by atoms with Crippen LogP contribution in [0.2, 0.25) is 0 Å². The predicted octanol–water partition coefficient (Wildman–Crippen LogP) is 6.88. The molecule has 0 saturated heterocycles. The summed E-state index contributed by atoms with van der Waals surface area (Å²) >= 11 is 7.63. The van der Waals surface area contributed by atoms with Crippen LogP contribution in [0.3, 0.4) is 0 Å². The quantitative estimate of drug-likeness (QED) is 0.192. The van der Waals surface area contributed by atoms with Gasteiger partial charge < -0.3 is 0 Å². The second-order valence-electron chi connectivity index (χ2n) is 9.25. The minimum Gasteiger partial charge on any atom is -0.0616 e. The summed E-state index contributed by atoms with van der Waals surface area (Å²) in [5.74, 6) is 0. The van der Waals surface area contributed by atoms with E-state index >= 15 is 0 Å². The van der Waals surface area contributed by atoms with Gasteiger partial charge in [-0.1, -0.05) is 129 Å². The summed E-state index contributed by atoms with van der Waals surface area (Å²) in [5.41, 5.74) is 2.70. The number of halogens is 2. The van der Waals surface area contributed by atoms with E-state index in [0.29, 0.717) is 0 Å². The highest BCUT2D eigenvalue weighted by molar-refractivity contribution is 9.10. The number of hydrogen-bond acceptors (Lipinski definition) is 0. The Morgan fingerprint density at radius 3 is 1.29 bits per heavy atom. The topological polar surface area (TPSA) is 0 Å². The minimum absolute atomic E-state index is 1.13. The van der Waals surface area contributed by atoms with E-state index in [9.17, 15) is 0 Å². The number of fused-ring (bicyclic) bond motifs is 5. The second kappa shape index (κ2) is 8.02. The molecule has 7 rings (SSSR count). The molecule has 0 amide bonds. The van der Waals surface area contributed by atoms with Crippen LogP contribution in [-0.4, -0.2) is 8.07 Å². The van der Waals surface area contributed by atoms with Crippen molar-refractivity contribution >= 4 is 82.2 Å². The van der Waals surface area contributed by atoms with E-state index < -0.39 is 8.07 Å². The van der Waals surface area contributed by atoms with Crippen LogP contribution in [0.25, 0.3) is 32.7 Å². The fourth-order valence-corrected chi connectivity index (χ4v) is 12.3. The first-order chi connectivity index (χ1) is 17.1. The van der Waals surface area contributed by atoms with Gasteiger partial charge in [0.2, 0.25) is 0 Å². The van der Waals surface area contributed by atoms with Crippen molar-refractivity contribution in [2.75, 3.05) is 0 Å². The molecule has 1 aliphatic heterocycles. The van der Waals surface area contributed by atoms with Gasteiger partial charge in [-0.2, -0.15) is 0 Å². The highest BCUT2D eigenvalue weighted by Crippen LogP contribution is 2.32. The average molecular weight is 592 g/mol. The van der Waals surface area contributed by atoms with Crippen molar-refractivity contribution in [1.82, 2.24) is 0 Å². The van der Waals surface area contributed by atoms with Crippen molar-refractivity contribution in [2.45, 2.75) is 0 Å². The molecule has 0 aliphatic carbocycles. The number of rotatable bonds is 2. The Morgan fingerprint density at radius 1 is 0.400 bits per heavy atom. The van der Waals surface area contributed by atoms with Crippen molar-refractivity contribution in [1.29, 1.82) is 0 Å². The molecule has 0 atom stereocenters. The van der Waals surface area contributed by atoms with E-state index in [-0.39, 0.29) is 0 Å². The molecule has 1 heterocycles. The van der Waals surface area contributed by atoms with Gasteiger partial charge in [0.05, 0.1) is 0 Å². The van der Waals surface area contributed by atoms with Crippen LogP contribution in [0.4, 0.5) is 0 Å². The molecule has 6 aromatic carbocycles. The molecule has 0 N–H and O–H groups in total. The van der Waals surface area contributed by atoms with Gasteiger partial charge in [-0.15, -0.1) is 0 Å². The fraction of sp³-hybridized carbons (Fsp3) is 0. The van der Waals surface area contributed by atoms with Crippen LogP contribution in [0.5, 0.6) is 0 Å². The molecule has 0 aromatic heterocycles. The summed E-state index contributed by atoms with van der Waals surface area (Å²) < 4.78 is 2.25.